The van der Waals surface area contributed by atoms with Crippen LogP contribution in [0.4, 0.5) is 11.5 Å². The number of imidazole rings is 1. The Kier molecular flexibility index (Phi) is 11.7. The highest BCUT2D eigenvalue weighted by molar-refractivity contribution is 6.33. The molecule has 254 valence electrons. The molecule has 1 aromatic carbocycles. The zero-order valence-electron chi connectivity index (χ0n) is 29.0. The molecule has 3 aliphatic rings. The Morgan fingerprint density at radius 2 is 1.85 bits per heavy atom. The van der Waals surface area contributed by atoms with Gasteiger partial charge >= 0.3 is 0 Å². The van der Waals surface area contributed by atoms with Crippen molar-refractivity contribution >= 4 is 40.0 Å². The van der Waals surface area contributed by atoms with Crippen LogP contribution in [0, 0.1) is 30.6 Å². The second-order valence-electron chi connectivity index (χ2n) is 13.2. The van der Waals surface area contributed by atoms with Crippen molar-refractivity contribution in [1.29, 1.82) is 0 Å². The van der Waals surface area contributed by atoms with Crippen LogP contribution in [0.2, 0.25) is 0 Å². The van der Waals surface area contributed by atoms with Crippen LogP contribution in [0.15, 0.2) is 98.6 Å². The average Bonchev–Trinajstić information content (AvgIpc) is 3.54. The predicted octanol–water partition coefficient (Wildman–Crippen LogP) is 8.67. The number of piperidine rings is 1. The monoisotopic (exact) mass is 665 g/mol. The largest absolute Gasteiger partial charge is 0.372 e. The molecular weight excluding hydrogens is 614 g/mol. The van der Waals surface area contributed by atoms with Gasteiger partial charge in [0.05, 0.1) is 11.9 Å². The van der Waals surface area contributed by atoms with E-state index < -0.39 is 0 Å². The summed E-state index contributed by atoms with van der Waals surface area (Å²) in [5.74, 6) is 2.57. The lowest BCUT2D eigenvalue weighted by Gasteiger charge is -2.43. The molecule has 8 heteroatoms. The van der Waals surface area contributed by atoms with Gasteiger partial charge in [0.15, 0.2) is 11.5 Å². The molecule has 4 unspecified atom stereocenters. The number of nitrogens with one attached hydrogen (secondary N) is 2. The van der Waals surface area contributed by atoms with Crippen molar-refractivity contribution < 1.29 is 0 Å². The van der Waals surface area contributed by atoms with Gasteiger partial charge in [-0.2, -0.15) is 0 Å². The van der Waals surface area contributed by atoms with Gasteiger partial charge in [0, 0.05) is 77.7 Å². The average molecular weight is 666 g/mol. The molecule has 4 atom stereocenters. The molecule has 0 amide bonds. The Hall–Kier alpha value is -4.07. The fourth-order valence-corrected chi connectivity index (χ4v) is 7.67. The van der Waals surface area contributed by atoms with Gasteiger partial charge in [0.25, 0.3) is 0 Å². The van der Waals surface area contributed by atoms with Crippen LogP contribution in [0.25, 0.3) is 16.9 Å². The molecule has 48 heavy (non-hydrogen) atoms. The van der Waals surface area contributed by atoms with E-state index in [1.807, 2.05) is 18.5 Å². The molecule has 0 spiro atoms. The van der Waals surface area contributed by atoms with Crippen LogP contribution in [0.1, 0.15) is 49.9 Å². The lowest BCUT2D eigenvalue weighted by Crippen LogP contribution is -2.47. The zero-order chi connectivity index (χ0) is 34.4. The van der Waals surface area contributed by atoms with Crippen molar-refractivity contribution in [1.82, 2.24) is 29.5 Å². The number of piperazine rings is 1. The Morgan fingerprint density at radius 1 is 1.10 bits per heavy atom. The highest BCUT2D eigenvalue weighted by Gasteiger charge is 2.29. The highest BCUT2D eigenvalue weighted by atomic mass is 35.5. The molecule has 7 nitrogen and oxygen atoms in total. The number of hydrogen-bond donors (Lipinski definition) is 2. The van der Waals surface area contributed by atoms with Gasteiger partial charge < -0.3 is 20.4 Å². The van der Waals surface area contributed by atoms with Crippen molar-refractivity contribution in [2.45, 2.75) is 40.0 Å². The van der Waals surface area contributed by atoms with Crippen LogP contribution in [0.3, 0.4) is 0 Å². The standard InChI is InChI=1S/C38H48ClN7.C2H4/c1-7-8-9-30-10-12-34(36(39)27(30)4)35-24-42-38-37(41-16-17-46(35)38)43-31-11-13-32(25(2)22-31)28(5)44-18-20-45(21-19-44)29(6)33-14-15-40-23-26(33)3;1-2/h7,10-13,16-17,22,24,26-27,30,33,40H,1,5-6,8-9,14-15,18-21,23H2,2-4H3,(H,41,43);1-2H2. The van der Waals surface area contributed by atoms with Crippen LogP contribution in [-0.2, 0) is 0 Å². The summed E-state index contributed by atoms with van der Waals surface area (Å²) in [4.78, 5) is 14.3. The molecule has 2 aromatic heterocycles. The summed E-state index contributed by atoms with van der Waals surface area (Å²) in [5.41, 5.74) is 8.44. The van der Waals surface area contributed by atoms with Gasteiger partial charge in [-0.15, -0.1) is 19.7 Å². The Bertz CT molecular complexity index is 1690. The number of rotatable bonds is 10. The van der Waals surface area contributed by atoms with Gasteiger partial charge in [-0.1, -0.05) is 62.9 Å². The van der Waals surface area contributed by atoms with E-state index in [9.17, 15) is 0 Å². The van der Waals surface area contributed by atoms with E-state index in [2.05, 4.69) is 114 Å². The fourth-order valence-electron chi connectivity index (χ4n) is 7.35. The number of fused-ring (bicyclic) bond motifs is 1. The van der Waals surface area contributed by atoms with Crippen LogP contribution >= 0.6 is 11.6 Å². The summed E-state index contributed by atoms with van der Waals surface area (Å²) in [6.07, 6.45) is 15.2. The molecule has 4 heterocycles. The van der Waals surface area contributed by atoms with Crippen molar-refractivity contribution in [3.8, 4) is 0 Å². The molecule has 2 aliphatic heterocycles. The first-order valence-electron chi connectivity index (χ1n) is 17.2. The van der Waals surface area contributed by atoms with Gasteiger partial charge in [0.2, 0.25) is 0 Å². The fraction of sp³-hybridized carbons (Fsp3) is 0.400. The maximum atomic E-state index is 6.95. The first-order chi connectivity index (χ1) is 23.3. The number of anilines is 2. The number of allylic oxidation sites excluding steroid dienone is 6. The quantitative estimate of drug-likeness (QED) is 0.211. The van der Waals surface area contributed by atoms with E-state index in [-0.39, 0.29) is 5.92 Å². The molecule has 3 aromatic rings. The summed E-state index contributed by atoms with van der Waals surface area (Å²) in [5, 5.41) is 7.90. The highest BCUT2D eigenvalue weighted by Crippen LogP contribution is 2.39. The molecule has 6 rings (SSSR count). The van der Waals surface area contributed by atoms with Gasteiger partial charge in [-0.25, -0.2) is 9.97 Å². The van der Waals surface area contributed by atoms with E-state index >= 15 is 0 Å². The molecule has 2 N–H and O–H groups in total. The van der Waals surface area contributed by atoms with Crippen LogP contribution < -0.4 is 10.6 Å². The van der Waals surface area contributed by atoms with E-state index in [4.69, 9.17) is 16.6 Å². The molecule has 1 aliphatic carbocycles. The van der Waals surface area contributed by atoms with Crippen molar-refractivity contribution in [3.63, 3.8) is 0 Å². The van der Waals surface area contributed by atoms with E-state index in [1.54, 1.807) is 6.20 Å². The first kappa shape index (κ1) is 35.2. The zero-order valence-corrected chi connectivity index (χ0v) is 29.8. The number of aryl methyl sites for hydroxylation is 1. The number of aromatic nitrogens is 3. The Labute approximate surface area is 292 Å². The second kappa shape index (κ2) is 15.9. The van der Waals surface area contributed by atoms with Gasteiger partial charge in [-0.3, -0.25) is 4.40 Å². The van der Waals surface area contributed by atoms with E-state index in [1.165, 1.54) is 23.2 Å². The lowest BCUT2D eigenvalue weighted by molar-refractivity contribution is 0.173. The van der Waals surface area contributed by atoms with E-state index in [0.29, 0.717) is 23.6 Å². The minimum atomic E-state index is 0.245. The summed E-state index contributed by atoms with van der Waals surface area (Å²) < 4.78 is 2.07. The minimum absolute atomic E-state index is 0.245. The number of benzene rings is 1. The topological polar surface area (TPSA) is 60.7 Å². The van der Waals surface area contributed by atoms with Gasteiger partial charge in [-0.05, 0) is 74.7 Å². The van der Waals surface area contributed by atoms with Crippen molar-refractivity contribution in [3.05, 3.63) is 115 Å². The maximum absolute atomic E-state index is 6.95. The van der Waals surface area contributed by atoms with Crippen molar-refractivity contribution in [2.75, 3.05) is 44.6 Å². The van der Waals surface area contributed by atoms with Crippen molar-refractivity contribution in [2.24, 2.45) is 23.7 Å². The van der Waals surface area contributed by atoms with Crippen LogP contribution in [0.5, 0.6) is 0 Å². The van der Waals surface area contributed by atoms with Crippen LogP contribution in [-0.4, -0.2) is 63.4 Å². The molecule has 0 bridgehead atoms. The summed E-state index contributed by atoms with van der Waals surface area (Å²) in [6.45, 7) is 31.7. The summed E-state index contributed by atoms with van der Waals surface area (Å²) >= 11 is 6.95. The number of halogens is 1. The molecule has 0 saturated carbocycles. The third-order valence-corrected chi connectivity index (χ3v) is 10.8. The number of hydrogen-bond acceptors (Lipinski definition) is 6. The maximum Gasteiger partial charge on any atom is 0.180 e. The number of nitrogens with zero attached hydrogens (tertiary/aromatic N) is 5. The van der Waals surface area contributed by atoms with Gasteiger partial charge in [0.1, 0.15) is 0 Å². The lowest BCUT2D eigenvalue weighted by atomic mass is 9.83. The summed E-state index contributed by atoms with van der Waals surface area (Å²) in [6, 6.07) is 6.44. The second-order valence-corrected chi connectivity index (χ2v) is 13.6. The third-order valence-electron chi connectivity index (χ3n) is 10.3. The third kappa shape index (κ3) is 7.32. The molecular formula is C40H52ClN7. The minimum Gasteiger partial charge on any atom is -0.372 e. The Balaban J connectivity index is 0.00000221. The predicted molar refractivity (Wildman–Crippen MR) is 204 cm³/mol. The molecule has 2 saturated heterocycles. The smallest absolute Gasteiger partial charge is 0.180 e. The first-order valence-corrected chi connectivity index (χ1v) is 17.6. The molecule has 0 radical (unpaired) electrons. The normalized spacial score (nSPS) is 22.7. The SMILES string of the molecule is C=C.C=CCCC1C=CC(c2cnc3c(Nc4ccc(C(=C)N5CCN(C(=C)C6CCNCC6C)CC5)c(C)c4)nccn23)=C(Cl)C1C. The van der Waals surface area contributed by atoms with E-state index in [0.717, 1.165) is 85.4 Å². The summed E-state index contributed by atoms with van der Waals surface area (Å²) in [7, 11) is 0. The molecule has 2 fully saturated rings. The Morgan fingerprint density at radius 3 is 2.56 bits per heavy atom.